The topological polar surface area (TPSA) is 69.2 Å². The lowest BCUT2D eigenvalue weighted by Gasteiger charge is -2.29. The van der Waals surface area contributed by atoms with E-state index in [0.29, 0.717) is 6.54 Å². The summed E-state index contributed by atoms with van der Waals surface area (Å²) >= 11 is 0. The first-order valence-electron chi connectivity index (χ1n) is 8.37. The molecule has 1 amide bonds. The highest BCUT2D eigenvalue weighted by Gasteiger charge is 2.23. The number of amides is 1. The molecule has 3 aromatic rings. The molecule has 5 heteroatoms. The van der Waals surface area contributed by atoms with Crippen molar-refractivity contribution in [3.05, 3.63) is 66.0 Å². The lowest BCUT2D eigenvalue weighted by molar-refractivity contribution is -0.134. The molecule has 0 bridgehead atoms. The molecule has 1 aromatic carbocycles. The van der Waals surface area contributed by atoms with E-state index >= 15 is 0 Å². The summed E-state index contributed by atoms with van der Waals surface area (Å²) in [6.45, 7) is 4.19. The standard InChI is InChI=1S/C20H23N3O2/c1-20(2,25)14-23(13-15-7-4-3-5-8-15)18(24)11-16-12-22-19-17(16)9-6-10-21-19/h3-10,12,25H,11,13-14H2,1-2H3,(H,21,22). The monoisotopic (exact) mass is 337 g/mol. The van der Waals surface area contributed by atoms with Crippen LogP contribution >= 0.6 is 0 Å². The van der Waals surface area contributed by atoms with Crippen LogP contribution in [0.3, 0.4) is 0 Å². The Balaban J connectivity index is 1.80. The zero-order valence-corrected chi connectivity index (χ0v) is 14.6. The average molecular weight is 337 g/mol. The highest BCUT2D eigenvalue weighted by atomic mass is 16.3. The number of hydrogen-bond donors (Lipinski definition) is 2. The summed E-state index contributed by atoms with van der Waals surface area (Å²) in [6.07, 6.45) is 3.83. The van der Waals surface area contributed by atoms with E-state index in [1.165, 1.54) is 0 Å². The Bertz CT molecular complexity index is 850. The predicted octanol–water partition coefficient (Wildman–Crippen LogP) is 2.91. The minimum Gasteiger partial charge on any atom is -0.389 e. The van der Waals surface area contributed by atoms with Crippen LogP contribution in [-0.4, -0.2) is 38.0 Å². The molecule has 0 atom stereocenters. The Morgan fingerprint density at radius 1 is 1.20 bits per heavy atom. The lowest BCUT2D eigenvalue weighted by Crippen LogP contribution is -2.42. The Morgan fingerprint density at radius 3 is 2.68 bits per heavy atom. The molecule has 5 nitrogen and oxygen atoms in total. The fourth-order valence-corrected chi connectivity index (χ4v) is 2.94. The largest absolute Gasteiger partial charge is 0.389 e. The summed E-state index contributed by atoms with van der Waals surface area (Å²) in [7, 11) is 0. The van der Waals surface area contributed by atoms with E-state index in [9.17, 15) is 9.90 Å². The first-order valence-corrected chi connectivity index (χ1v) is 8.37. The van der Waals surface area contributed by atoms with Gasteiger partial charge in [-0.05, 0) is 37.1 Å². The second kappa shape index (κ2) is 7.07. The van der Waals surface area contributed by atoms with Crippen molar-refractivity contribution in [2.24, 2.45) is 0 Å². The Hall–Kier alpha value is -2.66. The van der Waals surface area contributed by atoms with Gasteiger partial charge in [-0.15, -0.1) is 0 Å². The van der Waals surface area contributed by atoms with Crippen molar-refractivity contribution in [1.82, 2.24) is 14.9 Å². The van der Waals surface area contributed by atoms with Crippen molar-refractivity contribution in [2.45, 2.75) is 32.4 Å². The van der Waals surface area contributed by atoms with Gasteiger partial charge >= 0.3 is 0 Å². The lowest BCUT2D eigenvalue weighted by atomic mass is 10.1. The molecule has 2 heterocycles. The van der Waals surface area contributed by atoms with E-state index in [2.05, 4.69) is 9.97 Å². The van der Waals surface area contributed by atoms with Crippen LogP contribution in [0.5, 0.6) is 0 Å². The van der Waals surface area contributed by atoms with Gasteiger partial charge < -0.3 is 15.0 Å². The number of carbonyl (C=O) groups is 1. The molecule has 0 saturated carbocycles. The van der Waals surface area contributed by atoms with Crippen LogP contribution in [0.25, 0.3) is 11.0 Å². The van der Waals surface area contributed by atoms with Crippen molar-refractivity contribution in [1.29, 1.82) is 0 Å². The number of hydrogen-bond acceptors (Lipinski definition) is 3. The first kappa shape index (κ1) is 17.2. The summed E-state index contributed by atoms with van der Waals surface area (Å²) in [6, 6.07) is 13.6. The van der Waals surface area contributed by atoms with Gasteiger partial charge in [0.05, 0.1) is 12.0 Å². The zero-order valence-electron chi connectivity index (χ0n) is 14.6. The van der Waals surface area contributed by atoms with E-state index < -0.39 is 5.60 Å². The molecule has 2 aromatic heterocycles. The number of benzene rings is 1. The number of fused-ring (bicyclic) bond motifs is 1. The highest BCUT2D eigenvalue weighted by Crippen LogP contribution is 2.18. The molecule has 0 saturated heterocycles. The van der Waals surface area contributed by atoms with Crippen molar-refractivity contribution in [2.75, 3.05) is 6.54 Å². The number of pyridine rings is 1. The fourth-order valence-electron chi connectivity index (χ4n) is 2.94. The van der Waals surface area contributed by atoms with Crippen LogP contribution in [0.2, 0.25) is 0 Å². The Morgan fingerprint density at radius 2 is 1.96 bits per heavy atom. The summed E-state index contributed by atoms with van der Waals surface area (Å²) < 4.78 is 0. The maximum atomic E-state index is 12.9. The summed E-state index contributed by atoms with van der Waals surface area (Å²) in [5.41, 5.74) is 1.79. The number of H-pyrrole nitrogens is 1. The maximum absolute atomic E-state index is 12.9. The van der Waals surface area contributed by atoms with Crippen LogP contribution in [0, 0.1) is 0 Å². The van der Waals surface area contributed by atoms with Gasteiger partial charge in [-0.25, -0.2) is 4.98 Å². The number of nitrogens with zero attached hydrogens (tertiary/aromatic N) is 2. The van der Waals surface area contributed by atoms with Gasteiger partial charge in [0.2, 0.25) is 5.91 Å². The summed E-state index contributed by atoms with van der Waals surface area (Å²) in [5.74, 6) is -0.0178. The van der Waals surface area contributed by atoms with Gasteiger partial charge in [0, 0.05) is 30.9 Å². The highest BCUT2D eigenvalue weighted by molar-refractivity contribution is 5.87. The number of nitrogens with one attached hydrogen (secondary N) is 1. The molecule has 0 aliphatic rings. The van der Waals surface area contributed by atoms with Gasteiger partial charge in [0.1, 0.15) is 5.65 Å². The van der Waals surface area contributed by atoms with E-state index in [4.69, 9.17) is 0 Å². The third kappa shape index (κ3) is 4.45. The second-order valence-corrected chi connectivity index (χ2v) is 6.94. The molecule has 0 unspecified atom stereocenters. The van der Waals surface area contributed by atoms with Gasteiger partial charge in [0.25, 0.3) is 0 Å². The molecular formula is C20H23N3O2. The van der Waals surface area contributed by atoms with E-state index in [1.807, 2.05) is 48.7 Å². The maximum Gasteiger partial charge on any atom is 0.227 e. The smallest absolute Gasteiger partial charge is 0.227 e. The quantitative estimate of drug-likeness (QED) is 0.727. The van der Waals surface area contributed by atoms with Gasteiger partial charge in [0.15, 0.2) is 0 Å². The third-order valence-electron chi connectivity index (χ3n) is 4.03. The van der Waals surface area contributed by atoms with Crippen LogP contribution < -0.4 is 0 Å². The van der Waals surface area contributed by atoms with Crippen LogP contribution in [0.4, 0.5) is 0 Å². The molecule has 0 aliphatic carbocycles. The molecule has 0 fully saturated rings. The fraction of sp³-hybridized carbons (Fsp3) is 0.300. The molecule has 2 N–H and O–H groups in total. The van der Waals surface area contributed by atoms with Crippen LogP contribution in [0.15, 0.2) is 54.9 Å². The molecule has 0 radical (unpaired) electrons. The Kier molecular flexibility index (Phi) is 4.86. The van der Waals surface area contributed by atoms with E-state index in [-0.39, 0.29) is 18.9 Å². The number of rotatable bonds is 6. The molecule has 0 aliphatic heterocycles. The second-order valence-electron chi connectivity index (χ2n) is 6.94. The predicted molar refractivity (Wildman–Crippen MR) is 98.0 cm³/mol. The molecule has 130 valence electrons. The summed E-state index contributed by atoms with van der Waals surface area (Å²) in [4.78, 5) is 22.0. The van der Waals surface area contributed by atoms with Gasteiger partial charge in [-0.2, -0.15) is 0 Å². The van der Waals surface area contributed by atoms with Crippen molar-refractivity contribution >= 4 is 16.9 Å². The van der Waals surface area contributed by atoms with Crippen molar-refractivity contribution in [3.8, 4) is 0 Å². The molecular weight excluding hydrogens is 314 g/mol. The minimum atomic E-state index is -0.952. The number of aliphatic hydroxyl groups is 1. The average Bonchev–Trinajstić information content (AvgIpc) is 2.97. The van der Waals surface area contributed by atoms with Gasteiger partial charge in [-0.3, -0.25) is 4.79 Å². The number of aromatic nitrogens is 2. The van der Waals surface area contributed by atoms with Crippen LogP contribution in [-0.2, 0) is 17.8 Å². The normalized spacial score (nSPS) is 11.6. The molecule has 25 heavy (non-hydrogen) atoms. The number of aromatic amines is 1. The number of carbonyl (C=O) groups excluding carboxylic acids is 1. The molecule has 0 spiro atoms. The zero-order chi connectivity index (χ0) is 17.9. The summed E-state index contributed by atoms with van der Waals surface area (Å²) in [5, 5.41) is 11.2. The van der Waals surface area contributed by atoms with Crippen LogP contribution in [0.1, 0.15) is 25.0 Å². The van der Waals surface area contributed by atoms with E-state index in [1.54, 1.807) is 24.9 Å². The SMILES string of the molecule is CC(C)(O)CN(Cc1ccccc1)C(=O)Cc1c[nH]c2ncccc12. The van der Waals surface area contributed by atoms with Crippen molar-refractivity contribution < 1.29 is 9.90 Å². The van der Waals surface area contributed by atoms with Crippen molar-refractivity contribution in [3.63, 3.8) is 0 Å². The minimum absolute atomic E-state index is 0.0178. The third-order valence-corrected chi connectivity index (χ3v) is 4.03. The Labute approximate surface area is 147 Å². The first-order chi connectivity index (χ1) is 11.9. The van der Waals surface area contributed by atoms with Gasteiger partial charge in [-0.1, -0.05) is 30.3 Å². The molecule has 3 rings (SSSR count). The van der Waals surface area contributed by atoms with E-state index in [0.717, 1.165) is 22.2 Å².